The monoisotopic (exact) mass is 375 g/mol. The van der Waals surface area contributed by atoms with Crippen molar-refractivity contribution in [2.75, 3.05) is 6.54 Å². The van der Waals surface area contributed by atoms with Gasteiger partial charge in [0.15, 0.2) is 5.69 Å². The highest BCUT2D eigenvalue weighted by Crippen LogP contribution is 2.27. The number of carboxylic acids is 1. The molecule has 1 amide bonds. The van der Waals surface area contributed by atoms with E-state index in [9.17, 15) is 27.2 Å². The second-order valence-corrected chi connectivity index (χ2v) is 5.10. The normalized spacial score (nSPS) is 12.5. The number of hydrogen-bond acceptors (Lipinski definition) is 4. The largest absolute Gasteiger partial charge is 0.478 e. The average molecular weight is 375 g/mol. The molecule has 2 rings (SSSR count). The van der Waals surface area contributed by atoms with Gasteiger partial charge in [-0.2, -0.15) is 18.3 Å². The molecule has 0 saturated heterocycles. The molecule has 1 unspecified atom stereocenters. The van der Waals surface area contributed by atoms with E-state index in [0.717, 1.165) is 23.0 Å². The number of hydrogen-bond donors (Lipinski definition) is 2. The lowest BCUT2D eigenvalue weighted by Crippen LogP contribution is -2.41. The molecule has 7 nitrogen and oxygen atoms in total. The topological polar surface area (TPSA) is 93.5 Å². The molecule has 0 radical (unpaired) electrons. The predicted molar refractivity (Wildman–Crippen MR) is 78.7 cm³/mol. The standard InChI is InChI=1S/C15H13F4N3O4/c16-9-1-3-10(4-2-9)26-11(14(24)25)7-20-13(23)8-22-6-5-12(21-22)15(17,18)19/h1-6,11H,7-8H2,(H,20,23)(H,24,25). The number of ether oxygens (including phenoxy) is 1. The fourth-order valence-corrected chi connectivity index (χ4v) is 1.87. The Hall–Kier alpha value is -3.11. The summed E-state index contributed by atoms with van der Waals surface area (Å²) in [6.07, 6.45) is -5.11. The first-order chi connectivity index (χ1) is 12.1. The number of nitrogens with zero attached hydrogens (tertiary/aromatic N) is 2. The summed E-state index contributed by atoms with van der Waals surface area (Å²) in [7, 11) is 0. The van der Waals surface area contributed by atoms with E-state index in [1.807, 2.05) is 0 Å². The first kappa shape index (κ1) is 19.2. The Balaban J connectivity index is 1.89. The molecule has 1 aromatic carbocycles. The van der Waals surface area contributed by atoms with Gasteiger partial charge in [0.05, 0.1) is 6.54 Å². The lowest BCUT2D eigenvalue weighted by Gasteiger charge is -2.16. The number of aliphatic carboxylic acids is 1. The van der Waals surface area contributed by atoms with Crippen molar-refractivity contribution >= 4 is 11.9 Å². The summed E-state index contributed by atoms with van der Waals surface area (Å²) in [5.74, 6) is -2.59. The van der Waals surface area contributed by atoms with Gasteiger partial charge in [-0.3, -0.25) is 9.48 Å². The molecule has 2 N–H and O–H groups in total. The van der Waals surface area contributed by atoms with Gasteiger partial charge in [-0.05, 0) is 30.3 Å². The van der Waals surface area contributed by atoms with Crippen LogP contribution in [0.3, 0.4) is 0 Å². The third kappa shape index (κ3) is 5.46. The SMILES string of the molecule is O=C(Cn1ccc(C(F)(F)F)n1)NCC(Oc1ccc(F)cc1)C(=O)O. The summed E-state index contributed by atoms with van der Waals surface area (Å²) in [5, 5.41) is 14.5. The van der Waals surface area contributed by atoms with Gasteiger partial charge in [-0.25, -0.2) is 9.18 Å². The number of carbonyl (C=O) groups excluding carboxylic acids is 1. The Morgan fingerprint density at radius 3 is 2.42 bits per heavy atom. The van der Waals surface area contributed by atoms with E-state index in [1.54, 1.807) is 0 Å². The Labute approximate surface area is 144 Å². The maximum Gasteiger partial charge on any atom is 0.435 e. The van der Waals surface area contributed by atoms with E-state index < -0.39 is 48.8 Å². The van der Waals surface area contributed by atoms with Crippen molar-refractivity contribution < 1.29 is 37.0 Å². The Morgan fingerprint density at radius 1 is 1.23 bits per heavy atom. The molecular formula is C15H13F4N3O4. The Bertz CT molecular complexity index is 774. The highest BCUT2D eigenvalue weighted by atomic mass is 19.4. The zero-order valence-electron chi connectivity index (χ0n) is 13.0. The minimum atomic E-state index is -4.63. The first-order valence-corrected chi connectivity index (χ1v) is 7.17. The van der Waals surface area contributed by atoms with Crippen molar-refractivity contribution in [1.82, 2.24) is 15.1 Å². The third-order valence-electron chi connectivity index (χ3n) is 3.09. The van der Waals surface area contributed by atoms with Gasteiger partial charge in [-0.15, -0.1) is 0 Å². The predicted octanol–water partition coefficient (Wildman–Crippen LogP) is 1.69. The fraction of sp³-hybridized carbons (Fsp3) is 0.267. The van der Waals surface area contributed by atoms with Gasteiger partial charge < -0.3 is 15.2 Å². The number of alkyl halides is 3. The second kappa shape index (κ2) is 7.85. The molecule has 2 aromatic rings. The van der Waals surface area contributed by atoms with Crippen molar-refractivity contribution in [2.24, 2.45) is 0 Å². The summed E-state index contributed by atoms with van der Waals surface area (Å²) in [6, 6.07) is 5.29. The molecule has 1 atom stereocenters. The summed E-state index contributed by atoms with van der Waals surface area (Å²) >= 11 is 0. The molecule has 0 bridgehead atoms. The minimum absolute atomic E-state index is 0.0787. The first-order valence-electron chi connectivity index (χ1n) is 7.17. The maximum absolute atomic E-state index is 12.8. The van der Waals surface area contributed by atoms with E-state index in [2.05, 4.69) is 10.4 Å². The lowest BCUT2D eigenvalue weighted by atomic mass is 10.3. The van der Waals surface area contributed by atoms with Crippen molar-refractivity contribution in [3.8, 4) is 5.75 Å². The molecule has 0 spiro atoms. The molecule has 26 heavy (non-hydrogen) atoms. The fourth-order valence-electron chi connectivity index (χ4n) is 1.87. The van der Waals surface area contributed by atoms with Gasteiger partial charge in [0.2, 0.25) is 12.0 Å². The average Bonchev–Trinajstić information content (AvgIpc) is 3.01. The van der Waals surface area contributed by atoms with Crippen molar-refractivity contribution in [1.29, 1.82) is 0 Å². The van der Waals surface area contributed by atoms with E-state index in [0.29, 0.717) is 6.07 Å². The van der Waals surface area contributed by atoms with Crippen LogP contribution in [0.4, 0.5) is 17.6 Å². The number of halogens is 4. The number of rotatable bonds is 7. The van der Waals surface area contributed by atoms with E-state index in [-0.39, 0.29) is 5.75 Å². The minimum Gasteiger partial charge on any atom is -0.478 e. The van der Waals surface area contributed by atoms with E-state index in [1.165, 1.54) is 12.1 Å². The number of carboxylic acid groups (broad SMARTS) is 1. The van der Waals surface area contributed by atoms with Crippen molar-refractivity contribution in [2.45, 2.75) is 18.8 Å². The maximum atomic E-state index is 12.8. The van der Waals surface area contributed by atoms with Crippen LogP contribution in [0.1, 0.15) is 5.69 Å². The smallest absolute Gasteiger partial charge is 0.435 e. The molecule has 0 saturated carbocycles. The van der Waals surface area contributed by atoms with Crippen LogP contribution in [0.5, 0.6) is 5.75 Å². The molecule has 0 aliphatic rings. The zero-order valence-corrected chi connectivity index (χ0v) is 13.0. The summed E-state index contributed by atoms with van der Waals surface area (Å²) < 4.78 is 56.0. The highest BCUT2D eigenvalue weighted by molar-refractivity contribution is 5.78. The Kier molecular flexibility index (Phi) is 5.80. The summed E-state index contributed by atoms with van der Waals surface area (Å²) in [4.78, 5) is 22.9. The molecule has 0 aliphatic carbocycles. The molecule has 0 aliphatic heterocycles. The molecule has 1 aromatic heterocycles. The van der Waals surface area contributed by atoms with Gasteiger partial charge in [0.1, 0.15) is 18.1 Å². The highest BCUT2D eigenvalue weighted by Gasteiger charge is 2.33. The third-order valence-corrected chi connectivity index (χ3v) is 3.09. The quantitative estimate of drug-likeness (QED) is 0.719. The van der Waals surface area contributed by atoms with Crippen LogP contribution in [0.2, 0.25) is 0 Å². The zero-order chi connectivity index (χ0) is 19.3. The molecule has 11 heteroatoms. The molecular weight excluding hydrogens is 362 g/mol. The molecule has 140 valence electrons. The van der Waals surface area contributed by atoms with Crippen LogP contribution in [0.25, 0.3) is 0 Å². The van der Waals surface area contributed by atoms with Crippen LogP contribution in [0.15, 0.2) is 36.5 Å². The summed E-state index contributed by atoms with van der Waals surface area (Å²) in [6.45, 7) is -0.974. The van der Waals surface area contributed by atoms with Crippen LogP contribution in [-0.4, -0.2) is 39.4 Å². The molecule has 0 fully saturated rings. The van der Waals surface area contributed by atoms with E-state index >= 15 is 0 Å². The van der Waals surface area contributed by atoms with Gasteiger partial charge in [0, 0.05) is 6.20 Å². The van der Waals surface area contributed by atoms with Crippen LogP contribution in [0, 0.1) is 5.82 Å². The van der Waals surface area contributed by atoms with Gasteiger partial charge in [-0.1, -0.05) is 0 Å². The number of benzene rings is 1. The number of amides is 1. The number of aromatic nitrogens is 2. The number of nitrogens with one attached hydrogen (secondary N) is 1. The van der Waals surface area contributed by atoms with E-state index in [4.69, 9.17) is 9.84 Å². The van der Waals surface area contributed by atoms with Gasteiger partial charge in [0.25, 0.3) is 0 Å². The molecule has 1 heterocycles. The van der Waals surface area contributed by atoms with Crippen LogP contribution < -0.4 is 10.1 Å². The van der Waals surface area contributed by atoms with Crippen LogP contribution >= 0.6 is 0 Å². The van der Waals surface area contributed by atoms with Crippen molar-refractivity contribution in [3.05, 3.63) is 48.0 Å². The van der Waals surface area contributed by atoms with Crippen molar-refractivity contribution in [3.63, 3.8) is 0 Å². The van der Waals surface area contributed by atoms with Crippen LogP contribution in [-0.2, 0) is 22.3 Å². The number of carbonyl (C=O) groups is 2. The van der Waals surface area contributed by atoms with Gasteiger partial charge >= 0.3 is 12.1 Å². The lowest BCUT2D eigenvalue weighted by molar-refractivity contribution is -0.145. The summed E-state index contributed by atoms with van der Waals surface area (Å²) in [5.41, 5.74) is -1.15. The Morgan fingerprint density at radius 2 is 1.88 bits per heavy atom. The second-order valence-electron chi connectivity index (χ2n) is 5.10.